The van der Waals surface area contributed by atoms with E-state index in [2.05, 4.69) is 4.98 Å². The van der Waals surface area contributed by atoms with Crippen LogP contribution in [0.5, 0.6) is 5.88 Å². The van der Waals surface area contributed by atoms with Crippen LogP contribution in [0.3, 0.4) is 0 Å². The molecule has 1 fully saturated rings. The third kappa shape index (κ3) is 2.36. The van der Waals surface area contributed by atoms with Crippen LogP contribution < -0.4 is 10.5 Å². The van der Waals surface area contributed by atoms with E-state index in [4.69, 9.17) is 22.1 Å². The largest absolute Gasteiger partial charge is 0.477 e. The first-order valence-corrected chi connectivity index (χ1v) is 5.14. The summed E-state index contributed by atoms with van der Waals surface area (Å²) in [5.41, 5.74) is 6.40. The highest BCUT2D eigenvalue weighted by Gasteiger charge is 2.22. The van der Waals surface area contributed by atoms with Gasteiger partial charge in [0.15, 0.2) is 0 Å². The number of nitrogens with two attached hydrogens (primary N) is 1. The lowest BCUT2D eigenvalue weighted by Crippen LogP contribution is -2.03. The first-order chi connectivity index (χ1) is 6.79. The number of nitrogens with zero attached hydrogens (tertiary/aromatic N) is 1. The Balaban J connectivity index is 2.01. The number of pyridine rings is 1. The van der Waals surface area contributed by atoms with Crippen molar-refractivity contribution in [3.05, 3.63) is 22.8 Å². The maximum Gasteiger partial charge on any atom is 0.213 e. The van der Waals surface area contributed by atoms with Crippen molar-refractivity contribution < 1.29 is 4.74 Å². The molecule has 3 nitrogen and oxygen atoms in total. The molecule has 2 rings (SSSR count). The van der Waals surface area contributed by atoms with Crippen molar-refractivity contribution in [1.82, 2.24) is 4.98 Å². The summed E-state index contributed by atoms with van der Waals surface area (Å²) in [6, 6.07) is 1.81. The van der Waals surface area contributed by atoms with E-state index in [1.807, 2.05) is 6.07 Å². The van der Waals surface area contributed by atoms with E-state index in [1.165, 1.54) is 12.8 Å². The Bertz CT molecular complexity index is 326. The summed E-state index contributed by atoms with van der Waals surface area (Å²) in [6.45, 7) is 1.18. The lowest BCUT2D eigenvalue weighted by atomic mass is 10.3. The lowest BCUT2D eigenvalue weighted by Gasteiger charge is -2.06. The summed E-state index contributed by atoms with van der Waals surface area (Å²) >= 11 is 5.87. The normalized spacial score (nSPS) is 15.6. The van der Waals surface area contributed by atoms with Gasteiger partial charge >= 0.3 is 0 Å². The van der Waals surface area contributed by atoms with Crippen molar-refractivity contribution in [2.45, 2.75) is 19.4 Å². The fourth-order valence-corrected chi connectivity index (χ4v) is 1.36. The molecule has 2 N–H and O–H groups in total. The van der Waals surface area contributed by atoms with Crippen LogP contribution in [0, 0.1) is 5.92 Å². The standard InChI is InChI=1S/C10H13ClN2O/c11-9-5-13-10(3-8(9)4-12)14-6-7-1-2-7/h3,5,7H,1-2,4,6,12H2. The maximum atomic E-state index is 5.87. The van der Waals surface area contributed by atoms with E-state index in [0.717, 1.165) is 18.1 Å². The second kappa shape index (κ2) is 4.15. The van der Waals surface area contributed by atoms with Crippen LogP contribution in [-0.2, 0) is 6.54 Å². The first kappa shape index (κ1) is 9.74. The third-order valence-corrected chi connectivity index (χ3v) is 2.63. The van der Waals surface area contributed by atoms with Crippen molar-refractivity contribution in [2.24, 2.45) is 11.7 Å². The van der Waals surface area contributed by atoms with Gasteiger partial charge in [0.2, 0.25) is 5.88 Å². The molecule has 0 radical (unpaired) electrons. The van der Waals surface area contributed by atoms with Crippen LogP contribution in [0.25, 0.3) is 0 Å². The Morgan fingerprint density at radius 1 is 1.57 bits per heavy atom. The fraction of sp³-hybridized carbons (Fsp3) is 0.500. The van der Waals surface area contributed by atoms with Crippen LogP contribution in [0.2, 0.25) is 5.02 Å². The van der Waals surface area contributed by atoms with Gasteiger partial charge in [-0.2, -0.15) is 0 Å². The molecule has 1 aliphatic carbocycles. The minimum absolute atomic E-state index is 0.418. The van der Waals surface area contributed by atoms with Gasteiger partial charge in [0.25, 0.3) is 0 Å². The van der Waals surface area contributed by atoms with Crippen molar-refractivity contribution in [3.8, 4) is 5.88 Å². The van der Waals surface area contributed by atoms with E-state index in [1.54, 1.807) is 6.20 Å². The second-order valence-electron chi connectivity index (χ2n) is 3.57. The average molecular weight is 213 g/mol. The first-order valence-electron chi connectivity index (χ1n) is 4.77. The fourth-order valence-electron chi connectivity index (χ4n) is 1.18. The molecule has 14 heavy (non-hydrogen) atoms. The summed E-state index contributed by atoms with van der Waals surface area (Å²) in [4.78, 5) is 4.08. The number of hydrogen-bond donors (Lipinski definition) is 1. The van der Waals surface area contributed by atoms with Crippen LogP contribution in [-0.4, -0.2) is 11.6 Å². The molecule has 1 heterocycles. The Labute approximate surface area is 88.2 Å². The van der Waals surface area contributed by atoms with E-state index >= 15 is 0 Å². The second-order valence-corrected chi connectivity index (χ2v) is 3.98. The van der Waals surface area contributed by atoms with Gasteiger partial charge in [-0.05, 0) is 24.3 Å². The third-order valence-electron chi connectivity index (χ3n) is 2.29. The molecule has 1 aliphatic rings. The number of rotatable bonds is 4. The van der Waals surface area contributed by atoms with Crippen LogP contribution >= 0.6 is 11.6 Å². The van der Waals surface area contributed by atoms with Gasteiger partial charge in [0, 0.05) is 18.8 Å². The topological polar surface area (TPSA) is 48.1 Å². The Morgan fingerprint density at radius 3 is 3.00 bits per heavy atom. The highest BCUT2D eigenvalue weighted by Crippen LogP contribution is 2.29. The van der Waals surface area contributed by atoms with Crippen LogP contribution in [0.15, 0.2) is 12.3 Å². The van der Waals surface area contributed by atoms with Gasteiger partial charge in [0.05, 0.1) is 11.6 Å². The van der Waals surface area contributed by atoms with Crippen LogP contribution in [0.4, 0.5) is 0 Å². The quantitative estimate of drug-likeness (QED) is 0.831. The minimum atomic E-state index is 0.418. The molecule has 4 heteroatoms. The average Bonchev–Trinajstić information content (AvgIpc) is 3.00. The highest BCUT2D eigenvalue weighted by atomic mass is 35.5. The predicted molar refractivity (Wildman–Crippen MR) is 55.4 cm³/mol. The number of halogens is 1. The summed E-state index contributed by atoms with van der Waals surface area (Å²) in [6.07, 6.45) is 4.14. The van der Waals surface area contributed by atoms with Crippen LogP contribution in [0.1, 0.15) is 18.4 Å². The van der Waals surface area contributed by atoms with E-state index < -0.39 is 0 Å². The SMILES string of the molecule is NCc1cc(OCC2CC2)ncc1Cl. The molecule has 76 valence electrons. The smallest absolute Gasteiger partial charge is 0.213 e. The molecule has 1 aromatic heterocycles. The lowest BCUT2D eigenvalue weighted by molar-refractivity contribution is 0.288. The maximum absolute atomic E-state index is 5.87. The molecule has 0 aromatic carbocycles. The molecule has 1 saturated carbocycles. The monoisotopic (exact) mass is 212 g/mol. The zero-order valence-electron chi connectivity index (χ0n) is 7.87. The van der Waals surface area contributed by atoms with Crippen molar-refractivity contribution >= 4 is 11.6 Å². The summed E-state index contributed by atoms with van der Waals surface area (Å²) in [7, 11) is 0. The zero-order valence-corrected chi connectivity index (χ0v) is 8.63. The summed E-state index contributed by atoms with van der Waals surface area (Å²) < 4.78 is 5.50. The summed E-state index contributed by atoms with van der Waals surface area (Å²) in [5.74, 6) is 1.36. The van der Waals surface area contributed by atoms with Gasteiger partial charge in [-0.25, -0.2) is 4.98 Å². The Kier molecular flexibility index (Phi) is 2.89. The molecule has 0 unspecified atom stereocenters. The van der Waals surface area contributed by atoms with Crippen molar-refractivity contribution in [3.63, 3.8) is 0 Å². The van der Waals surface area contributed by atoms with E-state index in [0.29, 0.717) is 17.4 Å². The molecular weight excluding hydrogens is 200 g/mol. The molecule has 0 spiro atoms. The minimum Gasteiger partial charge on any atom is -0.477 e. The van der Waals surface area contributed by atoms with Gasteiger partial charge in [-0.3, -0.25) is 0 Å². The molecule has 1 aromatic rings. The van der Waals surface area contributed by atoms with Gasteiger partial charge in [-0.1, -0.05) is 11.6 Å². The van der Waals surface area contributed by atoms with Gasteiger partial charge in [0.1, 0.15) is 0 Å². The van der Waals surface area contributed by atoms with Crippen molar-refractivity contribution in [2.75, 3.05) is 6.61 Å². The predicted octanol–water partition coefficient (Wildman–Crippen LogP) is 1.98. The molecule has 0 bridgehead atoms. The Hall–Kier alpha value is -0.800. The molecule has 0 atom stereocenters. The highest BCUT2D eigenvalue weighted by molar-refractivity contribution is 6.31. The van der Waals surface area contributed by atoms with E-state index in [9.17, 15) is 0 Å². The molecule has 0 saturated heterocycles. The zero-order chi connectivity index (χ0) is 9.97. The Morgan fingerprint density at radius 2 is 2.36 bits per heavy atom. The molecule has 0 aliphatic heterocycles. The van der Waals surface area contributed by atoms with Gasteiger partial charge < -0.3 is 10.5 Å². The molecule has 0 amide bonds. The molecular formula is C10H13ClN2O. The van der Waals surface area contributed by atoms with E-state index in [-0.39, 0.29) is 0 Å². The number of hydrogen-bond acceptors (Lipinski definition) is 3. The van der Waals surface area contributed by atoms with Crippen molar-refractivity contribution in [1.29, 1.82) is 0 Å². The van der Waals surface area contributed by atoms with Gasteiger partial charge in [-0.15, -0.1) is 0 Å². The number of aromatic nitrogens is 1. The number of ether oxygens (including phenoxy) is 1. The summed E-state index contributed by atoms with van der Waals surface area (Å²) in [5, 5.41) is 0.603.